The average Bonchev–Trinajstić information content (AvgIpc) is 3.22. The minimum absolute atomic E-state index is 0. The van der Waals surface area contributed by atoms with Crippen molar-refractivity contribution in [2.45, 2.75) is 112 Å². The minimum Gasteiger partial charge on any atom is -0.389 e. The zero-order chi connectivity index (χ0) is 44.3. The Balaban J connectivity index is -0.0000000592. The monoisotopic (exact) mass is 1260 g/mol. The number of Topliss-reactive ketones (excluding diaryl/α,β-unsaturated/α-hetero) is 1. The zero-order valence-corrected chi connectivity index (χ0v) is 56.2. The second kappa shape index (κ2) is 57.5. The van der Waals surface area contributed by atoms with Crippen LogP contribution in [0.3, 0.4) is 0 Å². The largest absolute Gasteiger partial charge is 0.389 e. The second-order valence-corrected chi connectivity index (χ2v) is 15.8. The van der Waals surface area contributed by atoms with Crippen molar-refractivity contribution in [1.29, 1.82) is 0 Å². The summed E-state index contributed by atoms with van der Waals surface area (Å²) in [6, 6.07) is 40.9. The molecule has 0 bridgehead atoms. The molecule has 0 heterocycles. The molecule has 4 aromatic carbocycles. The molecule has 3 atom stereocenters. The molecule has 0 fully saturated rings. The predicted molar refractivity (Wildman–Crippen MR) is 276 cm³/mol. The number of hydrogen-bond acceptors (Lipinski definition) is 4. The van der Waals surface area contributed by atoms with E-state index in [2.05, 4.69) is 60.8 Å². The maximum atomic E-state index is 11.7. The first-order valence-electron chi connectivity index (χ1n) is 18.9. The van der Waals surface area contributed by atoms with Crippen LogP contribution < -0.4 is 5.73 Å². The maximum absolute atomic E-state index is 11.7. The maximum Gasteiger partial charge on any atom is 0.133 e. The Morgan fingerprint density at radius 2 is 0.794 bits per heavy atom. The van der Waals surface area contributed by atoms with E-state index in [1.807, 2.05) is 164 Å². The van der Waals surface area contributed by atoms with Crippen molar-refractivity contribution < 1.29 is 144 Å². The molecule has 63 heavy (non-hydrogen) atoms. The van der Waals surface area contributed by atoms with Gasteiger partial charge in [-0.2, -0.15) is 111 Å². The van der Waals surface area contributed by atoms with Gasteiger partial charge in [-0.15, -0.1) is 36.6 Å². The summed E-state index contributed by atoms with van der Waals surface area (Å²) in [7, 11) is -2.52. The van der Waals surface area contributed by atoms with Gasteiger partial charge in [0.15, 0.2) is 0 Å². The number of ketones is 1. The van der Waals surface area contributed by atoms with Gasteiger partial charge in [0.2, 0.25) is 0 Å². The van der Waals surface area contributed by atoms with Crippen LogP contribution in [0.2, 0.25) is 0 Å². The smallest absolute Gasteiger partial charge is 0.133 e. The van der Waals surface area contributed by atoms with Crippen LogP contribution >= 0.6 is 39.4 Å². The Morgan fingerprint density at radius 3 is 0.952 bits per heavy atom. The van der Waals surface area contributed by atoms with E-state index >= 15 is 0 Å². The van der Waals surface area contributed by atoms with Crippen molar-refractivity contribution >= 4 is 78.6 Å². The standard InChI is InChI=1S/2C12H15NOS.C8H9N.C8H6O.4C2H6.ClH.2H2S.4Y/c2*1-10(11-8-6-5-7-9-11)13-15(14)12(2,3)4;2*1-7(9)8-5-3-2-4-6-8;4*1-2;;;;;;;/h2*5-8H,1H2,2-4H3;2-5,7H,1,9H2;2-5H,1H2;4*1-2H3;1H;2*1H2;;;;/q4*-2;;;;;;;;;;;/t2*15-;7-;;;;;;;;;;;;/m000............/s1. The quantitative estimate of drug-likeness (QED) is 0.118. The Hall–Kier alpha value is 1.17. The molecule has 4 radical (unpaired) electrons. The molecule has 350 valence electrons. The summed E-state index contributed by atoms with van der Waals surface area (Å²) in [4.78, 5) is 10.5. The van der Waals surface area contributed by atoms with Gasteiger partial charge in [-0.3, -0.25) is 39.3 Å². The van der Waals surface area contributed by atoms with Crippen LogP contribution in [-0.4, -0.2) is 35.1 Å². The van der Waals surface area contributed by atoms with Gasteiger partial charge in [0.25, 0.3) is 0 Å². The fourth-order valence-corrected chi connectivity index (χ4v) is 4.07. The molecule has 0 amide bonds. The topological polar surface area (TPSA) is 102 Å². The molecule has 4 aromatic rings. The summed E-state index contributed by atoms with van der Waals surface area (Å²) in [6.07, 6.45) is 0. The molecule has 0 spiro atoms. The average molecular weight is 1260 g/mol. The van der Waals surface area contributed by atoms with E-state index in [9.17, 15) is 13.2 Å². The van der Waals surface area contributed by atoms with Gasteiger partial charge >= 0.3 is 0 Å². The van der Waals surface area contributed by atoms with Gasteiger partial charge in [-0.1, -0.05) is 61.2 Å². The molecule has 0 aliphatic heterocycles. The molecule has 2 N–H and O–H groups in total. The van der Waals surface area contributed by atoms with Crippen LogP contribution in [0.25, 0.3) is 0 Å². The SMILES string of the molecule is CC.CC.CC.CC.Cl.S.S.[CH2-]C(=N[S@@](=O)C(C)(C)C)c1[c-]cccc1.[CH2-]C(=N[S@@](=O)C(C)(C)C)c1[c-]cccc1.[CH2-]C(=O)c1[c-]cccc1.[CH2-][C@H](N)c1[c-]cccc1.[Y].[Y].[Y].[Y]. The summed E-state index contributed by atoms with van der Waals surface area (Å²) in [6.45, 7) is 41.8. The van der Waals surface area contributed by atoms with Crippen LogP contribution in [0.4, 0.5) is 0 Å². The number of nitrogens with two attached hydrogens (primary N) is 1. The van der Waals surface area contributed by atoms with E-state index in [0.717, 1.165) is 16.7 Å². The van der Waals surface area contributed by atoms with E-state index < -0.39 is 22.0 Å². The molecule has 0 saturated carbocycles. The third kappa shape index (κ3) is 49.4. The first-order valence-corrected chi connectivity index (χ1v) is 21.1. The van der Waals surface area contributed by atoms with Crippen LogP contribution in [0.15, 0.2) is 106 Å². The number of halogens is 1. The Labute approximate surface area is 513 Å². The van der Waals surface area contributed by atoms with Crippen molar-refractivity contribution in [1.82, 2.24) is 0 Å². The van der Waals surface area contributed by atoms with Crippen molar-refractivity contribution in [3.05, 3.63) is 171 Å². The summed E-state index contributed by atoms with van der Waals surface area (Å²) < 4.78 is 30.9. The number of hydrogen-bond donors (Lipinski definition) is 1. The normalized spacial score (nSPS) is 10.7. The molecule has 6 nitrogen and oxygen atoms in total. The molecule has 0 aromatic heterocycles. The van der Waals surface area contributed by atoms with Crippen molar-refractivity contribution in [3.63, 3.8) is 0 Å². The van der Waals surface area contributed by atoms with Crippen molar-refractivity contribution in [2.75, 3.05) is 0 Å². The Morgan fingerprint density at radius 1 is 0.540 bits per heavy atom. The van der Waals surface area contributed by atoms with Crippen molar-refractivity contribution in [3.8, 4) is 0 Å². The summed E-state index contributed by atoms with van der Waals surface area (Å²) in [5.74, 6) is -0.185. The molecular weight excluding hydrogens is 1190 g/mol. The second-order valence-electron chi connectivity index (χ2n) is 12.0. The first-order chi connectivity index (χ1) is 26.4. The van der Waals surface area contributed by atoms with Crippen LogP contribution in [0.5, 0.6) is 0 Å². The van der Waals surface area contributed by atoms with Crippen LogP contribution in [-0.2, 0) is 153 Å². The van der Waals surface area contributed by atoms with Crippen LogP contribution in [0.1, 0.15) is 130 Å². The van der Waals surface area contributed by atoms with E-state index in [1.54, 1.807) is 30.3 Å². The summed E-state index contributed by atoms with van der Waals surface area (Å²) >= 11 is 0. The number of carbonyl (C=O) groups excluding carboxylic acids is 1. The third-order valence-electron chi connectivity index (χ3n) is 5.62. The number of nitrogens with zero attached hydrogens (tertiary/aromatic N) is 2. The van der Waals surface area contributed by atoms with E-state index in [1.165, 1.54) is 0 Å². The Bertz CT molecular complexity index is 1570. The summed E-state index contributed by atoms with van der Waals surface area (Å²) in [5, 5.41) is 0. The first kappa shape index (κ1) is 90.6. The molecular formula is C48H74ClN3O3S4Y4-8. The van der Waals surface area contributed by atoms with Gasteiger partial charge in [-0.25, -0.2) is 51.7 Å². The predicted octanol–water partition coefficient (Wildman–Crippen LogP) is 12.7. The minimum atomic E-state index is -1.26. The Kier molecular flexibility index (Phi) is 82.6. The molecule has 0 saturated heterocycles. The molecule has 4 rings (SSSR count). The third-order valence-corrected chi connectivity index (χ3v) is 8.48. The van der Waals surface area contributed by atoms with E-state index in [4.69, 9.17) is 5.73 Å². The zero-order valence-electron chi connectivity index (χ0n) is 40.4. The van der Waals surface area contributed by atoms with E-state index in [-0.39, 0.29) is 192 Å². The van der Waals surface area contributed by atoms with Gasteiger partial charge in [-0.05, 0) is 41.5 Å². The fourth-order valence-electron chi connectivity index (χ4n) is 2.92. The van der Waals surface area contributed by atoms with Gasteiger partial charge in [0.05, 0.1) is 9.49 Å². The molecule has 0 aliphatic rings. The van der Waals surface area contributed by atoms with Gasteiger partial charge in [0.1, 0.15) is 22.0 Å². The fraction of sp³-hybridized carbons (Fsp3) is 0.354. The number of carbonyl (C=O) groups is 1. The number of rotatable bonds is 6. The van der Waals surface area contributed by atoms with Gasteiger partial charge in [0, 0.05) is 131 Å². The summed E-state index contributed by atoms with van der Waals surface area (Å²) in [5.41, 5.74) is 9.58. The number of benzene rings is 4. The molecule has 0 unspecified atom stereocenters. The van der Waals surface area contributed by atoms with Crippen LogP contribution in [0, 0.1) is 52.0 Å². The molecule has 0 aliphatic carbocycles. The van der Waals surface area contributed by atoms with E-state index in [0.29, 0.717) is 17.0 Å². The van der Waals surface area contributed by atoms with Gasteiger partial charge < -0.3 is 17.5 Å². The van der Waals surface area contributed by atoms with Crippen molar-refractivity contribution in [2.24, 2.45) is 14.5 Å². The molecule has 15 heteroatoms.